The molecule has 0 amide bonds. The Balaban J connectivity index is 1.76. The monoisotopic (exact) mass is 390 g/mol. The number of rotatable bonds is 5. The number of fused-ring (bicyclic) bond motifs is 1. The zero-order chi connectivity index (χ0) is 20.4. The molecule has 2 atom stereocenters. The number of hydrogen-bond acceptors (Lipinski definition) is 4. The van der Waals surface area contributed by atoms with E-state index in [1.54, 1.807) is 6.20 Å². The van der Waals surface area contributed by atoms with Crippen molar-refractivity contribution in [3.8, 4) is 0 Å². The van der Waals surface area contributed by atoms with E-state index in [9.17, 15) is 4.79 Å². The predicted molar refractivity (Wildman–Crippen MR) is 115 cm³/mol. The molecule has 1 saturated carbocycles. The molecule has 4 rings (SSSR count). The van der Waals surface area contributed by atoms with Gasteiger partial charge >= 0.3 is 0 Å². The van der Waals surface area contributed by atoms with E-state index in [2.05, 4.69) is 32.2 Å². The second kappa shape index (κ2) is 8.10. The maximum atomic E-state index is 12.6. The predicted octanol–water partition coefficient (Wildman–Crippen LogP) is 3.93. The van der Waals surface area contributed by atoms with Gasteiger partial charge in [0.15, 0.2) is 5.82 Å². The minimum Gasteiger partial charge on any atom is -0.338 e. The van der Waals surface area contributed by atoms with E-state index >= 15 is 0 Å². The number of hydrogen-bond donors (Lipinski definition) is 2. The molecule has 29 heavy (non-hydrogen) atoms. The van der Waals surface area contributed by atoms with E-state index < -0.39 is 0 Å². The van der Waals surface area contributed by atoms with Gasteiger partial charge in [0, 0.05) is 24.8 Å². The Morgan fingerprint density at radius 1 is 1.31 bits per heavy atom. The molecule has 0 aliphatic heterocycles. The molecular formula is C22H26N6O. The number of pyridine rings is 1. The fourth-order valence-electron chi connectivity index (χ4n) is 4.22. The number of aromatic nitrogens is 3. The van der Waals surface area contributed by atoms with Crippen LogP contribution in [0.2, 0.25) is 0 Å². The Morgan fingerprint density at radius 2 is 2.14 bits per heavy atom. The Labute approximate surface area is 170 Å². The molecule has 1 aliphatic carbocycles. The Kier molecular flexibility index (Phi) is 5.36. The minimum absolute atomic E-state index is 0.00109. The van der Waals surface area contributed by atoms with E-state index in [1.807, 2.05) is 37.0 Å². The molecule has 3 aromatic rings. The number of nitrogens with zero attached hydrogens (tertiary/aromatic N) is 4. The van der Waals surface area contributed by atoms with Crippen LogP contribution in [0.4, 0.5) is 11.5 Å². The van der Waals surface area contributed by atoms with Gasteiger partial charge in [-0.25, -0.2) is 6.57 Å². The summed E-state index contributed by atoms with van der Waals surface area (Å²) in [7, 11) is 4.07. The average molecular weight is 390 g/mol. The fourth-order valence-corrected chi connectivity index (χ4v) is 4.22. The third-order valence-electron chi connectivity index (χ3n) is 5.49. The van der Waals surface area contributed by atoms with E-state index in [0.29, 0.717) is 11.2 Å². The highest BCUT2D eigenvalue weighted by Crippen LogP contribution is 2.34. The van der Waals surface area contributed by atoms with E-state index in [4.69, 9.17) is 11.7 Å². The lowest BCUT2D eigenvalue weighted by atomic mass is 9.91. The van der Waals surface area contributed by atoms with Crippen molar-refractivity contribution in [1.29, 1.82) is 0 Å². The van der Waals surface area contributed by atoms with E-state index in [-0.39, 0.29) is 17.6 Å². The van der Waals surface area contributed by atoms with Crippen LogP contribution in [-0.2, 0) is 6.54 Å². The van der Waals surface area contributed by atoms with Gasteiger partial charge in [-0.05, 0) is 50.7 Å². The van der Waals surface area contributed by atoms with Gasteiger partial charge in [-0.1, -0.05) is 18.6 Å². The summed E-state index contributed by atoms with van der Waals surface area (Å²) < 4.78 is 1.90. The molecule has 7 nitrogen and oxygen atoms in total. The van der Waals surface area contributed by atoms with Crippen LogP contribution in [0.15, 0.2) is 41.3 Å². The number of benzene rings is 1. The molecule has 150 valence electrons. The maximum Gasteiger partial charge on any atom is 0.261 e. The first kappa shape index (κ1) is 19.2. The van der Waals surface area contributed by atoms with Crippen molar-refractivity contribution < 1.29 is 0 Å². The number of anilines is 2. The standard InChI is InChI=1S/C22H26N6O/c1-23-17-9-4-5-10-18(17)28-19-11-12-24-22(29)20(19)21(26-28)25-16-8-6-7-15(13-16)14-27(2)3/h6-8,11-13,17-18H,4-5,9-10,14H2,2-3H3,(H,24,29)(H,25,26)/t17-,18-/m0/s1. The highest BCUT2D eigenvalue weighted by molar-refractivity contribution is 5.91. The SMILES string of the molecule is [C-]#[N+][C@H]1CCCC[C@@H]1n1nc(Nc2cccc(CN(C)C)c2)c2c(=O)[nH]ccc21. The van der Waals surface area contributed by atoms with Crippen LogP contribution >= 0.6 is 0 Å². The molecule has 0 bridgehead atoms. The van der Waals surface area contributed by atoms with Gasteiger partial charge in [-0.15, -0.1) is 0 Å². The third kappa shape index (κ3) is 3.89. The van der Waals surface area contributed by atoms with Gasteiger partial charge in [0.05, 0.1) is 5.52 Å². The van der Waals surface area contributed by atoms with Crippen molar-refractivity contribution in [2.24, 2.45) is 0 Å². The largest absolute Gasteiger partial charge is 0.338 e. The van der Waals surface area contributed by atoms with Crippen LogP contribution in [0.5, 0.6) is 0 Å². The summed E-state index contributed by atoms with van der Waals surface area (Å²) in [6.07, 6.45) is 5.60. The maximum absolute atomic E-state index is 12.6. The van der Waals surface area contributed by atoms with Gasteiger partial charge in [0.2, 0.25) is 6.04 Å². The van der Waals surface area contributed by atoms with Crippen LogP contribution < -0.4 is 10.9 Å². The zero-order valence-corrected chi connectivity index (χ0v) is 16.9. The number of aromatic amines is 1. The number of H-pyrrole nitrogens is 1. The highest BCUT2D eigenvalue weighted by atomic mass is 16.1. The Bertz CT molecular complexity index is 1110. The molecule has 1 aromatic carbocycles. The fraction of sp³-hybridized carbons (Fsp3) is 0.409. The lowest BCUT2D eigenvalue weighted by Gasteiger charge is -2.24. The first-order chi connectivity index (χ1) is 14.1. The van der Waals surface area contributed by atoms with Crippen LogP contribution in [0, 0.1) is 6.57 Å². The first-order valence-corrected chi connectivity index (χ1v) is 10.0. The van der Waals surface area contributed by atoms with Crippen molar-refractivity contribution in [2.75, 3.05) is 19.4 Å². The Hall–Kier alpha value is -3.11. The summed E-state index contributed by atoms with van der Waals surface area (Å²) in [6.45, 7) is 8.42. The topological polar surface area (TPSA) is 70.3 Å². The molecule has 0 saturated heterocycles. The normalized spacial score (nSPS) is 19.4. The second-order valence-corrected chi connectivity index (χ2v) is 7.97. The zero-order valence-electron chi connectivity index (χ0n) is 16.9. The van der Waals surface area contributed by atoms with Gasteiger partial charge in [-0.2, -0.15) is 5.10 Å². The van der Waals surface area contributed by atoms with E-state index in [0.717, 1.165) is 43.4 Å². The van der Waals surface area contributed by atoms with Crippen LogP contribution in [0.25, 0.3) is 15.7 Å². The summed E-state index contributed by atoms with van der Waals surface area (Å²) in [4.78, 5) is 21.4. The average Bonchev–Trinajstić information content (AvgIpc) is 3.07. The number of nitrogens with one attached hydrogen (secondary N) is 2. The molecule has 1 fully saturated rings. The van der Waals surface area contributed by atoms with Crippen molar-refractivity contribution in [3.63, 3.8) is 0 Å². The molecular weight excluding hydrogens is 364 g/mol. The van der Waals surface area contributed by atoms with Crippen LogP contribution in [0.1, 0.15) is 37.3 Å². The smallest absolute Gasteiger partial charge is 0.261 e. The first-order valence-electron chi connectivity index (χ1n) is 10.0. The summed E-state index contributed by atoms with van der Waals surface area (Å²) >= 11 is 0. The third-order valence-corrected chi connectivity index (χ3v) is 5.49. The summed E-state index contributed by atoms with van der Waals surface area (Å²) in [5.74, 6) is 0.540. The van der Waals surface area contributed by atoms with Crippen molar-refractivity contribution >= 4 is 22.4 Å². The molecule has 7 heteroatoms. The highest BCUT2D eigenvalue weighted by Gasteiger charge is 2.33. The van der Waals surface area contributed by atoms with Crippen molar-refractivity contribution in [3.05, 3.63) is 63.9 Å². The molecule has 0 radical (unpaired) electrons. The van der Waals surface area contributed by atoms with Crippen molar-refractivity contribution in [1.82, 2.24) is 19.7 Å². The molecule has 1 aliphatic rings. The molecule has 2 aromatic heterocycles. The van der Waals surface area contributed by atoms with Gasteiger partial charge < -0.3 is 20.0 Å². The van der Waals surface area contributed by atoms with Crippen LogP contribution in [-0.4, -0.2) is 39.8 Å². The molecule has 0 spiro atoms. The van der Waals surface area contributed by atoms with Gasteiger partial charge in [0.1, 0.15) is 11.4 Å². The van der Waals surface area contributed by atoms with Crippen molar-refractivity contribution in [2.45, 2.75) is 44.3 Å². The molecule has 2 heterocycles. The second-order valence-electron chi connectivity index (χ2n) is 7.97. The minimum atomic E-state index is -0.170. The summed E-state index contributed by atoms with van der Waals surface area (Å²) in [5.41, 5.74) is 2.68. The summed E-state index contributed by atoms with van der Waals surface area (Å²) in [5, 5.41) is 8.68. The summed E-state index contributed by atoms with van der Waals surface area (Å²) in [6, 6.07) is 9.92. The molecule has 0 unspecified atom stereocenters. The van der Waals surface area contributed by atoms with E-state index in [1.165, 1.54) is 5.56 Å². The Morgan fingerprint density at radius 3 is 2.93 bits per heavy atom. The van der Waals surface area contributed by atoms with Crippen LogP contribution in [0.3, 0.4) is 0 Å². The van der Waals surface area contributed by atoms with Gasteiger partial charge in [-0.3, -0.25) is 9.48 Å². The quantitative estimate of drug-likeness (QED) is 0.648. The molecule has 2 N–H and O–H groups in total. The lowest BCUT2D eigenvalue weighted by molar-refractivity contribution is 0.321. The lowest BCUT2D eigenvalue weighted by Crippen LogP contribution is -2.26. The van der Waals surface area contributed by atoms with Gasteiger partial charge in [0.25, 0.3) is 5.56 Å².